The van der Waals surface area contributed by atoms with E-state index in [2.05, 4.69) is 4.98 Å². The number of phenolic OH excluding ortho intramolecular Hbond substituents is 1. The molecule has 3 aromatic carbocycles. The highest BCUT2D eigenvalue weighted by atomic mass is 16.4. The third-order valence-electron chi connectivity index (χ3n) is 4.78. The summed E-state index contributed by atoms with van der Waals surface area (Å²) in [5.41, 5.74) is 2.20. The van der Waals surface area contributed by atoms with Gasteiger partial charge in [0.25, 0.3) is 0 Å². The van der Waals surface area contributed by atoms with Crippen LogP contribution in [0.15, 0.2) is 69.9 Å². The zero-order valence-corrected chi connectivity index (χ0v) is 13.9. The van der Waals surface area contributed by atoms with Crippen LogP contribution in [0.5, 0.6) is 5.75 Å². The molecular weight excluding hydrogens is 328 g/mol. The van der Waals surface area contributed by atoms with E-state index in [0.717, 1.165) is 21.8 Å². The molecule has 1 N–H and O–H groups in total. The molecular formula is C21H14N2O3. The number of aromatic nitrogens is 2. The van der Waals surface area contributed by atoms with Gasteiger partial charge in [-0.2, -0.15) is 0 Å². The monoisotopic (exact) mass is 342 g/mol. The molecule has 0 radical (unpaired) electrons. The molecule has 0 saturated heterocycles. The fraction of sp³-hybridized carbons (Fsp3) is 0.0476. The summed E-state index contributed by atoms with van der Waals surface area (Å²) in [4.78, 5) is 17.2. The smallest absolute Gasteiger partial charge is 0.347 e. The van der Waals surface area contributed by atoms with Gasteiger partial charge in [-0.05, 0) is 41.8 Å². The third-order valence-corrected chi connectivity index (χ3v) is 4.78. The van der Waals surface area contributed by atoms with Crippen LogP contribution in [0.2, 0.25) is 0 Å². The van der Waals surface area contributed by atoms with E-state index in [1.54, 1.807) is 30.3 Å². The lowest BCUT2D eigenvalue weighted by molar-refractivity contribution is 0.481. The molecule has 0 saturated carbocycles. The van der Waals surface area contributed by atoms with Crippen LogP contribution in [0.25, 0.3) is 44.2 Å². The minimum atomic E-state index is -0.435. The number of para-hydroxylation sites is 2. The molecule has 0 bridgehead atoms. The minimum Gasteiger partial charge on any atom is -0.507 e. The summed E-state index contributed by atoms with van der Waals surface area (Å²) in [6, 6.07) is 18.3. The van der Waals surface area contributed by atoms with Gasteiger partial charge in [-0.3, -0.25) is 0 Å². The third kappa shape index (κ3) is 1.97. The molecule has 0 spiro atoms. The van der Waals surface area contributed by atoms with Gasteiger partial charge in [-0.1, -0.05) is 24.3 Å². The van der Waals surface area contributed by atoms with Gasteiger partial charge < -0.3 is 14.1 Å². The number of nitrogens with zero attached hydrogens (tertiary/aromatic N) is 2. The molecule has 126 valence electrons. The highest BCUT2D eigenvalue weighted by Crippen LogP contribution is 2.32. The summed E-state index contributed by atoms with van der Waals surface area (Å²) < 4.78 is 7.44. The Balaban J connectivity index is 1.89. The van der Waals surface area contributed by atoms with E-state index < -0.39 is 5.63 Å². The summed E-state index contributed by atoms with van der Waals surface area (Å²) in [5, 5.41) is 12.4. The van der Waals surface area contributed by atoms with Gasteiger partial charge in [0.1, 0.15) is 22.7 Å². The summed E-state index contributed by atoms with van der Waals surface area (Å²) in [5.74, 6) is 0.749. The van der Waals surface area contributed by atoms with Crippen molar-refractivity contribution in [2.24, 2.45) is 7.05 Å². The van der Waals surface area contributed by atoms with Gasteiger partial charge in [0.15, 0.2) is 0 Å². The quantitative estimate of drug-likeness (QED) is 0.366. The largest absolute Gasteiger partial charge is 0.507 e. The Labute approximate surface area is 147 Å². The number of benzene rings is 3. The normalized spacial score (nSPS) is 11.6. The first-order valence-corrected chi connectivity index (χ1v) is 8.24. The van der Waals surface area contributed by atoms with E-state index in [4.69, 9.17) is 4.42 Å². The van der Waals surface area contributed by atoms with Crippen LogP contribution >= 0.6 is 0 Å². The van der Waals surface area contributed by atoms with E-state index in [0.29, 0.717) is 22.4 Å². The molecule has 5 nitrogen and oxygen atoms in total. The molecule has 5 heteroatoms. The number of aryl methyl sites for hydroxylation is 1. The fourth-order valence-corrected chi connectivity index (χ4v) is 3.48. The summed E-state index contributed by atoms with van der Waals surface area (Å²) in [6.07, 6.45) is 0. The van der Waals surface area contributed by atoms with Crippen LogP contribution < -0.4 is 5.63 Å². The van der Waals surface area contributed by atoms with Crippen molar-refractivity contribution in [3.8, 4) is 17.1 Å². The number of phenols is 1. The van der Waals surface area contributed by atoms with E-state index in [9.17, 15) is 9.90 Å². The van der Waals surface area contributed by atoms with E-state index in [1.807, 2.05) is 41.9 Å². The predicted molar refractivity (Wildman–Crippen MR) is 101 cm³/mol. The van der Waals surface area contributed by atoms with Crippen LogP contribution in [0.3, 0.4) is 0 Å². The van der Waals surface area contributed by atoms with Crippen molar-refractivity contribution in [3.05, 3.63) is 71.1 Å². The number of imidazole rings is 1. The van der Waals surface area contributed by atoms with Crippen LogP contribution in [0.4, 0.5) is 0 Å². The Morgan fingerprint density at radius 3 is 2.65 bits per heavy atom. The Morgan fingerprint density at radius 1 is 0.962 bits per heavy atom. The van der Waals surface area contributed by atoms with Gasteiger partial charge in [-0.15, -0.1) is 0 Å². The molecule has 0 aliphatic heterocycles. The SMILES string of the molecule is Cn1c(-c2cc3c(ccc4c(O)cccc43)oc2=O)nc2ccccc21. The first-order valence-electron chi connectivity index (χ1n) is 8.24. The molecule has 0 atom stereocenters. The van der Waals surface area contributed by atoms with Crippen molar-refractivity contribution in [1.82, 2.24) is 9.55 Å². The Kier molecular flexibility index (Phi) is 2.94. The topological polar surface area (TPSA) is 68.3 Å². The second-order valence-electron chi connectivity index (χ2n) is 6.28. The highest BCUT2D eigenvalue weighted by Gasteiger charge is 2.16. The molecule has 2 heterocycles. The molecule has 0 fully saturated rings. The van der Waals surface area contributed by atoms with Gasteiger partial charge >= 0.3 is 5.63 Å². The molecule has 0 amide bonds. The number of rotatable bonds is 1. The summed E-state index contributed by atoms with van der Waals surface area (Å²) in [6.45, 7) is 0. The van der Waals surface area contributed by atoms with Crippen molar-refractivity contribution in [1.29, 1.82) is 0 Å². The van der Waals surface area contributed by atoms with E-state index >= 15 is 0 Å². The van der Waals surface area contributed by atoms with Crippen molar-refractivity contribution in [2.75, 3.05) is 0 Å². The molecule has 5 rings (SSSR count). The van der Waals surface area contributed by atoms with Crippen molar-refractivity contribution in [3.63, 3.8) is 0 Å². The van der Waals surface area contributed by atoms with Gasteiger partial charge in [0.2, 0.25) is 0 Å². The van der Waals surface area contributed by atoms with Crippen LogP contribution in [0, 0.1) is 0 Å². The van der Waals surface area contributed by atoms with E-state index in [1.165, 1.54) is 0 Å². The van der Waals surface area contributed by atoms with Gasteiger partial charge in [0.05, 0.1) is 11.0 Å². The van der Waals surface area contributed by atoms with Crippen LogP contribution in [-0.2, 0) is 7.05 Å². The zero-order valence-electron chi connectivity index (χ0n) is 13.9. The maximum absolute atomic E-state index is 12.6. The Hall–Kier alpha value is -3.60. The first-order chi connectivity index (χ1) is 12.6. The number of fused-ring (bicyclic) bond motifs is 4. The Morgan fingerprint density at radius 2 is 1.81 bits per heavy atom. The maximum Gasteiger partial charge on any atom is 0.347 e. The fourth-order valence-electron chi connectivity index (χ4n) is 3.48. The molecule has 0 aliphatic carbocycles. The van der Waals surface area contributed by atoms with Crippen LogP contribution in [-0.4, -0.2) is 14.7 Å². The summed E-state index contributed by atoms with van der Waals surface area (Å²) >= 11 is 0. The molecule has 26 heavy (non-hydrogen) atoms. The maximum atomic E-state index is 12.6. The number of hydrogen-bond acceptors (Lipinski definition) is 4. The minimum absolute atomic E-state index is 0.194. The standard InChI is InChI=1S/C21H14N2O3/c1-23-17-7-3-2-6-16(17)22-20(23)15-11-14-12-5-4-8-18(24)13(12)9-10-19(14)26-21(15)25/h2-11,24H,1H3. The average Bonchev–Trinajstić information content (AvgIpc) is 2.98. The van der Waals surface area contributed by atoms with Crippen molar-refractivity contribution < 1.29 is 9.52 Å². The second kappa shape index (κ2) is 5.20. The van der Waals surface area contributed by atoms with E-state index in [-0.39, 0.29) is 5.75 Å². The summed E-state index contributed by atoms with van der Waals surface area (Å²) in [7, 11) is 1.88. The van der Waals surface area contributed by atoms with Gasteiger partial charge in [-0.25, -0.2) is 9.78 Å². The van der Waals surface area contributed by atoms with Crippen molar-refractivity contribution >= 4 is 32.8 Å². The average molecular weight is 342 g/mol. The molecule has 5 aromatic rings. The lowest BCUT2D eigenvalue weighted by Gasteiger charge is -2.07. The highest BCUT2D eigenvalue weighted by molar-refractivity contribution is 6.08. The zero-order chi connectivity index (χ0) is 17.8. The molecule has 0 aliphatic rings. The molecule has 2 aromatic heterocycles. The van der Waals surface area contributed by atoms with Crippen LogP contribution in [0.1, 0.15) is 0 Å². The molecule has 0 unspecified atom stereocenters. The Bertz CT molecular complexity index is 1380. The van der Waals surface area contributed by atoms with Gasteiger partial charge in [0, 0.05) is 17.8 Å². The first kappa shape index (κ1) is 14.7. The number of hydrogen-bond donors (Lipinski definition) is 1. The number of aromatic hydroxyl groups is 1. The lowest BCUT2D eigenvalue weighted by Crippen LogP contribution is -2.06. The second-order valence-corrected chi connectivity index (χ2v) is 6.28. The van der Waals surface area contributed by atoms with Crippen molar-refractivity contribution in [2.45, 2.75) is 0 Å². The predicted octanol–water partition coefficient (Wildman–Crippen LogP) is 4.21. The lowest BCUT2D eigenvalue weighted by atomic mass is 10.0.